The standard InChI is InChI=1S/C17H32O2/c1-8-15(4,5)17(7)11-10-16(17,6)14(18)19-12-9-13(2)3/h13H,8-12H2,1-7H3. The van der Waals surface area contributed by atoms with E-state index < -0.39 is 0 Å². The minimum Gasteiger partial charge on any atom is -0.465 e. The summed E-state index contributed by atoms with van der Waals surface area (Å²) in [6.07, 6.45) is 4.14. The minimum absolute atomic E-state index is 0.0171. The van der Waals surface area contributed by atoms with E-state index in [2.05, 4.69) is 48.5 Å². The van der Waals surface area contributed by atoms with E-state index >= 15 is 0 Å². The molecule has 0 aromatic rings. The van der Waals surface area contributed by atoms with Gasteiger partial charge in [0.15, 0.2) is 0 Å². The van der Waals surface area contributed by atoms with Gasteiger partial charge in [-0.3, -0.25) is 4.79 Å². The molecule has 2 nitrogen and oxygen atoms in total. The first kappa shape index (κ1) is 16.5. The molecule has 1 aliphatic carbocycles. The van der Waals surface area contributed by atoms with E-state index in [1.807, 2.05) is 0 Å². The molecule has 2 unspecified atom stereocenters. The van der Waals surface area contributed by atoms with E-state index in [9.17, 15) is 4.79 Å². The van der Waals surface area contributed by atoms with Gasteiger partial charge in [0.05, 0.1) is 12.0 Å². The molecule has 0 radical (unpaired) electrons. The van der Waals surface area contributed by atoms with Gasteiger partial charge in [0.2, 0.25) is 0 Å². The Morgan fingerprint density at radius 1 is 1.26 bits per heavy atom. The van der Waals surface area contributed by atoms with Crippen molar-refractivity contribution in [2.24, 2.45) is 22.2 Å². The second-order valence-electron chi connectivity index (χ2n) is 7.72. The molecule has 0 N–H and O–H groups in total. The van der Waals surface area contributed by atoms with Gasteiger partial charge < -0.3 is 4.74 Å². The number of carbonyl (C=O) groups is 1. The van der Waals surface area contributed by atoms with Gasteiger partial charge >= 0.3 is 5.97 Å². The largest absolute Gasteiger partial charge is 0.465 e. The Hall–Kier alpha value is -0.530. The zero-order valence-electron chi connectivity index (χ0n) is 13.9. The summed E-state index contributed by atoms with van der Waals surface area (Å²) >= 11 is 0. The Morgan fingerprint density at radius 2 is 1.84 bits per heavy atom. The molecule has 0 saturated heterocycles. The lowest BCUT2D eigenvalue weighted by atomic mass is 9.42. The van der Waals surface area contributed by atoms with Crippen LogP contribution in [0.5, 0.6) is 0 Å². The van der Waals surface area contributed by atoms with Gasteiger partial charge in [0.25, 0.3) is 0 Å². The summed E-state index contributed by atoms with van der Waals surface area (Å²) in [6, 6.07) is 0. The third kappa shape index (κ3) is 2.68. The Morgan fingerprint density at radius 3 is 2.21 bits per heavy atom. The number of rotatable bonds is 6. The molecular weight excluding hydrogens is 236 g/mol. The van der Waals surface area contributed by atoms with Crippen LogP contribution in [-0.4, -0.2) is 12.6 Å². The number of hydrogen-bond acceptors (Lipinski definition) is 2. The number of carbonyl (C=O) groups excluding carboxylic acids is 1. The first-order chi connectivity index (χ1) is 8.60. The molecule has 2 heteroatoms. The highest BCUT2D eigenvalue weighted by Crippen LogP contribution is 2.66. The maximum Gasteiger partial charge on any atom is 0.312 e. The molecule has 2 atom stereocenters. The third-order valence-electron chi connectivity index (χ3n) is 6.10. The topological polar surface area (TPSA) is 26.3 Å². The van der Waals surface area contributed by atoms with Gasteiger partial charge in [-0.2, -0.15) is 0 Å². The second-order valence-corrected chi connectivity index (χ2v) is 7.72. The maximum atomic E-state index is 12.5. The van der Waals surface area contributed by atoms with Crippen LogP contribution in [0.1, 0.15) is 74.1 Å². The summed E-state index contributed by atoms with van der Waals surface area (Å²) in [6.45, 7) is 16.0. The molecule has 0 heterocycles. The van der Waals surface area contributed by atoms with Crippen LogP contribution >= 0.6 is 0 Å². The van der Waals surface area contributed by atoms with Crippen LogP contribution in [-0.2, 0) is 9.53 Å². The molecule has 1 saturated carbocycles. The Kier molecular flexibility index (Phi) is 4.75. The van der Waals surface area contributed by atoms with Crippen molar-refractivity contribution < 1.29 is 9.53 Å². The van der Waals surface area contributed by atoms with Crippen molar-refractivity contribution in [2.45, 2.75) is 74.1 Å². The fraction of sp³-hybridized carbons (Fsp3) is 0.941. The number of hydrogen-bond donors (Lipinski definition) is 0. The molecule has 0 aliphatic heterocycles. The predicted octanol–water partition coefficient (Wildman–Crippen LogP) is 4.82. The van der Waals surface area contributed by atoms with Crippen LogP contribution < -0.4 is 0 Å². The number of ether oxygens (including phenoxy) is 1. The molecule has 0 bridgehead atoms. The summed E-state index contributed by atoms with van der Waals surface area (Å²) < 4.78 is 5.56. The van der Waals surface area contributed by atoms with E-state index in [4.69, 9.17) is 4.74 Å². The van der Waals surface area contributed by atoms with E-state index in [0.717, 1.165) is 25.7 Å². The molecular formula is C17H32O2. The smallest absolute Gasteiger partial charge is 0.312 e. The van der Waals surface area contributed by atoms with E-state index in [1.165, 1.54) is 0 Å². The van der Waals surface area contributed by atoms with Crippen molar-refractivity contribution in [3.63, 3.8) is 0 Å². The van der Waals surface area contributed by atoms with Gasteiger partial charge in [-0.1, -0.05) is 48.0 Å². The zero-order valence-corrected chi connectivity index (χ0v) is 13.9. The van der Waals surface area contributed by atoms with E-state index in [1.54, 1.807) is 0 Å². The molecule has 1 rings (SSSR count). The Balaban J connectivity index is 2.73. The summed E-state index contributed by atoms with van der Waals surface area (Å²) in [7, 11) is 0. The lowest BCUT2D eigenvalue weighted by Gasteiger charge is -2.61. The van der Waals surface area contributed by atoms with Crippen molar-refractivity contribution in [3.05, 3.63) is 0 Å². The molecule has 0 aromatic carbocycles. The highest BCUT2D eigenvalue weighted by Gasteiger charge is 2.63. The molecule has 19 heavy (non-hydrogen) atoms. The van der Waals surface area contributed by atoms with Gasteiger partial charge in [-0.15, -0.1) is 0 Å². The highest BCUT2D eigenvalue weighted by atomic mass is 16.5. The molecule has 0 spiro atoms. The predicted molar refractivity (Wildman–Crippen MR) is 79.9 cm³/mol. The molecule has 0 amide bonds. The summed E-state index contributed by atoms with van der Waals surface area (Å²) in [5.41, 5.74) is -0.0653. The van der Waals surface area contributed by atoms with Crippen LogP contribution in [0.25, 0.3) is 0 Å². The van der Waals surface area contributed by atoms with Crippen molar-refractivity contribution in [2.75, 3.05) is 6.61 Å². The lowest BCUT2D eigenvalue weighted by Crippen LogP contribution is -2.59. The van der Waals surface area contributed by atoms with Crippen LogP contribution in [0.3, 0.4) is 0 Å². The monoisotopic (exact) mass is 268 g/mol. The molecule has 112 valence electrons. The van der Waals surface area contributed by atoms with Crippen LogP contribution in [0.4, 0.5) is 0 Å². The van der Waals surface area contributed by atoms with Crippen molar-refractivity contribution in [1.82, 2.24) is 0 Å². The lowest BCUT2D eigenvalue weighted by molar-refractivity contribution is -0.196. The average molecular weight is 268 g/mol. The van der Waals surface area contributed by atoms with Gasteiger partial charge in [-0.25, -0.2) is 0 Å². The molecule has 1 fully saturated rings. The first-order valence-electron chi connectivity index (χ1n) is 7.78. The quantitative estimate of drug-likeness (QED) is 0.646. The Bertz CT molecular complexity index is 332. The van der Waals surface area contributed by atoms with Gasteiger partial charge in [0, 0.05) is 0 Å². The fourth-order valence-corrected chi connectivity index (χ4v) is 3.22. The summed E-state index contributed by atoms with van der Waals surface area (Å²) in [5.74, 6) is 0.601. The average Bonchev–Trinajstić information content (AvgIpc) is 2.34. The SMILES string of the molecule is CCC(C)(C)C1(C)CCC1(C)C(=O)OCCC(C)C. The van der Waals surface area contributed by atoms with Gasteiger partial charge in [-0.05, 0) is 42.9 Å². The van der Waals surface area contributed by atoms with Crippen LogP contribution in [0, 0.1) is 22.2 Å². The minimum atomic E-state index is -0.302. The fourth-order valence-electron chi connectivity index (χ4n) is 3.22. The maximum absolute atomic E-state index is 12.5. The van der Waals surface area contributed by atoms with Crippen LogP contribution in [0.15, 0.2) is 0 Å². The third-order valence-corrected chi connectivity index (χ3v) is 6.10. The van der Waals surface area contributed by atoms with E-state index in [-0.39, 0.29) is 22.2 Å². The van der Waals surface area contributed by atoms with Gasteiger partial charge in [0.1, 0.15) is 0 Å². The van der Waals surface area contributed by atoms with Crippen molar-refractivity contribution in [3.8, 4) is 0 Å². The number of esters is 1. The second kappa shape index (κ2) is 5.46. The van der Waals surface area contributed by atoms with E-state index in [0.29, 0.717) is 12.5 Å². The molecule has 1 aliphatic rings. The normalized spacial score (nSPS) is 31.2. The summed E-state index contributed by atoms with van der Waals surface area (Å²) in [5, 5.41) is 0. The van der Waals surface area contributed by atoms with Crippen LogP contribution in [0.2, 0.25) is 0 Å². The summed E-state index contributed by atoms with van der Waals surface area (Å²) in [4.78, 5) is 12.5. The molecule has 0 aromatic heterocycles. The Labute approximate surface area is 119 Å². The zero-order chi connectivity index (χ0) is 14.9. The first-order valence-corrected chi connectivity index (χ1v) is 7.78. The highest BCUT2D eigenvalue weighted by molar-refractivity contribution is 5.79. The van der Waals surface area contributed by atoms with Crippen molar-refractivity contribution in [1.29, 1.82) is 0 Å². The van der Waals surface area contributed by atoms with Crippen molar-refractivity contribution >= 4 is 5.97 Å².